The van der Waals surface area contributed by atoms with Gasteiger partial charge in [0.25, 0.3) is 0 Å². The Kier molecular flexibility index (Phi) is 5.28. The second kappa shape index (κ2) is 8.41. The molecule has 2 aliphatic carbocycles. The number of para-hydroxylation sites is 1. The Morgan fingerprint density at radius 2 is 1.77 bits per heavy atom. The van der Waals surface area contributed by atoms with Gasteiger partial charge in [-0.1, -0.05) is 42.5 Å². The Balaban J connectivity index is 0.992. The maximum absolute atomic E-state index is 13.0. The van der Waals surface area contributed by atoms with Crippen LogP contribution in [0.3, 0.4) is 0 Å². The predicted molar refractivity (Wildman–Crippen MR) is 138 cm³/mol. The van der Waals surface area contributed by atoms with Crippen molar-refractivity contribution in [2.24, 2.45) is 17.8 Å². The van der Waals surface area contributed by atoms with Crippen molar-refractivity contribution in [2.75, 3.05) is 38.5 Å². The van der Waals surface area contributed by atoms with Crippen LogP contribution in [0.2, 0.25) is 0 Å². The van der Waals surface area contributed by atoms with E-state index in [0.29, 0.717) is 29.8 Å². The summed E-state index contributed by atoms with van der Waals surface area (Å²) < 4.78 is 0. The van der Waals surface area contributed by atoms with E-state index in [9.17, 15) is 4.79 Å². The minimum absolute atomic E-state index is 0.234. The van der Waals surface area contributed by atoms with E-state index >= 15 is 0 Å². The largest absolute Gasteiger partial charge is 0.325 e. The zero-order valence-electron chi connectivity index (χ0n) is 20.7. The van der Waals surface area contributed by atoms with E-state index in [2.05, 4.69) is 75.5 Å². The van der Waals surface area contributed by atoms with Crippen molar-refractivity contribution in [1.82, 2.24) is 20.7 Å². The molecular formula is C29H37N5O. The van der Waals surface area contributed by atoms with Gasteiger partial charge in [-0.05, 0) is 73.2 Å². The topological polar surface area (TPSA) is 59.6 Å². The van der Waals surface area contributed by atoms with Gasteiger partial charge in [0.2, 0.25) is 5.91 Å². The zero-order valence-corrected chi connectivity index (χ0v) is 20.7. The number of hydrogen-bond donors (Lipinski definition) is 3. The van der Waals surface area contributed by atoms with Crippen LogP contribution in [0.1, 0.15) is 48.4 Å². The summed E-state index contributed by atoms with van der Waals surface area (Å²) in [5.74, 6) is 1.96. The lowest BCUT2D eigenvalue weighted by molar-refractivity contribution is -0.118. The number of piperazine rings is 1. The number of carbonyl (C=O) groups excluding carboxylic acids is 1. The number of nitrogens with one attached hydrogen (secondary N) is 3. The Bertz CT molecular complexity index is 1110. The molecule has 0 aromatic heterocycles. The van der Waals surface area contributed by atoms with Crippen LogP contribution >= 0.6 is 0 Å². The third-order valence-electron chi connectivity index (χ3n) is 9.78. The normalized spacial score (nSPS) is 36.7. The first-order valence-electron chi connectivity index (χ1n) is 13.5. The number of hydrogen-bond acceptors (Lipinski definition) is 5. The molecule has 35 heavy (non-hydrogen) atoms. The number of benzene rings is 2. The summed E-state index contributed by atoms with van der Waals surface area (Å²) in [7, 11) is 2.21. The van der Waals surface area contributed by atoms with Crippen LogP contribution in [0.25, 0.3) is 0 Å². The lowest BCUT2D eigenvalue weighted by Gasteiger charge is -2.34. The van der Waals surface area contributed by atoms with Gasteiger partial charge < -0.3 is 10.2 Å². The highest BCUT2D eigenvalue weighted by Crippen LogP contribution is 2.65. The van der Waals surface area contributed by atoms with Gasteiger partial charge in [0.1, 0.15) is 0 Å². The molecule has 0 bridgehead atoms. The van der Waals surface area contributed by atoms with Gasteiger partial charge in [-0.25, -0.2) is 5.43 Å². The summed E-state index contributed by atoms with van der Waals surface area (Å²) in [5.41, 5.74) is 12.1. The van der Waals surface area contributed by atoms with E-state index in [1.807, 2.05) is 6.07 Å². The predicted octanol–water partition coefficient (Wildman–Crippen LogP) is 3.28. The van der Waals surface area contributed by atoms with Crippen molar-refractivity contribution >= 4 is 11.6 Å². The van der Waals surface area contributed by atoms with E-state index in [1.165, 1.54) is 42.6 Å². The third kappa shape index (κ3) is 3.65. The summed E-state index contributed by atoms with van der Waals surface area (Å²) >= 11 is 0. The summed E-state index contributed by atoms with van der Waals surface area (Å²) in [6.45, 7) is 5.70. The lowest BCUT2D eigenvalue weighted by Crippen LogP contribution is -2.43. The SMILES string of the molecule is CN1CCN(Cc2ccc(C3NNC4CC(C5C[C@@]56C(=O)Nc5ccccc56)CCC43)cc2)CC1. The number of nitrogens with zero attached hydrogens (tertiary/aromatic N) is 2. The van der Waals surface area contributed by atoms with Gasteiger partial charge in [0.15, 0.2) is 0 Å². The van der Waals surface area contributed by atoms with Crippen molar-refractivity contribution in [1.29, 1.82) is 0 Å². The molecule has 6 atom stereocenters. The van der Waals surface area contributed by atoms with Crippen molar-refractivity contribution in [3.63, 3.8) is 0 Å². The van der Waals surface area contributed by atoms with Gasteiger partial charge in [-0.2, -0.15) is 0 Å². The first-order valence-corrected chi connectivity index (χ1v) is 13.5. The average Bonchev–Trinajstić information content (AvgIpc) is 3.40. The summed E-state index contributed by atoms with van der Waals surface area (Å²) in [4.78, 5) is 17.9. The quantitative estimate of drug-likeness (QED) is 0.639. The summed E-state index contributed by atoms with van der Waals surface area (Å²) in [5, 5.41) is 3.15. The van der Waals surface area contributed by atoms with Crippen LogP contribution in [-0.4, -0.2) is 55.0 Å². The minimum atomic E-state index is -0.251. The molecule has 1 amide bonds. The van der Waals surface area contributed by atoms with Gasteiger partial charge in [0, 0.05) is 44.5 Å². The van der Waals surface area contributed by atoms with Gasteiger partial charge in [0.05, 0.1) is 11.5 Å². The number of hydrazine groups is 1. The Morgan fingerprint density at radius 3 is 2.60 bits per heavy atom. The Labute approximate surface area is 208 Å². The fourth-order valence-corrected chi connectivity index (χ4v) is 7.65. The van der Waals surface area contributed by atoms with Crippen LogP contribution < -0.4 is 16.2 Å². The molecule has 2 saturated carbocycles. The van der Waals surface area contributed by atoms with Gasteiger partial charge >= 0.3 is 0 Å². The third-order valence-corrected chi connectivity index (χ3v) is 9.78. The Hall–Kier alpha value is -2.25. The van der Waals surface area contributed by atoms with Crippen LogP contribution in [0.15, 0.2) is 48.5 Å². The molecule has 5 aliphatic rings. The first kappa shape index (κ1) is 22.0. The molecule has 4 fully saturated rings. The smallest absolute Gasteiger partial charge is 0.235 e. The number of anilines is 1. The van der Waals surface area contributed by atoms with E-state index in [0.717, 1.165) is 38.2 Å². The number of carbonyl (C=O) groups is 1. The lowest BCUT2D eigenvalue weighted by atomic mass is 9.72. The fraction of sp³-hybridized carbons (Fsp3) is 0.552. The second-order valence-corrected chi connectivity index (χ2v) is 11.7. The highest BCUT2D eigenvalue weighted by Gasteiger charge is 2.67. The van der Waals surface area contributed by atoms with Crippen LogP contribution in [0.4, 0.5) is 5.69 Å². The Morgan fingerprint density at radius 1 is 0.971 bits per heavy atom. The number of likely N-dealkylation sites (N-methyl/N-ethyl adjacent to an activating group) is 1. The molecule has 7 rings (SSSR count). The number of amides is 1. The highest BCUT2D eigenvalue weighted by atomic mass is 16.2. The number of rotatable bonds is 4. The molecule has 3 heterocycles. The van der Waals surface area contributed by atoms with E-state index in [4.69, 9.17) is 0 Å². The molecule has 2 aromatic rings. The maximum Gasteiger partial charge on any atom is 0.235 e. The monoisotopic (exact) mass is 471 g/mol. The average molecular weight is 472 g/mol. The van der Waals surface area contributed by atoms with Crippen molar-refractivity contribution in [2.45, 2.75) is 49.7 Å². The molecule has 1 spiro atoms. The molecular weight excluding hydrogens is 434 g/mol. The van der Waals surface area contributed by atoms with Crippen molar-refractivity contribution < 1.29 is 4.79 Å². The number of fused-ring (bicyclic) bond motifs is 3. The molecule has 0 radical (unpaired) electrons. The highest BCUT2D eigenvalue weighted by molar-refractivity contribution is 6.08. The molecule has 5 unspecified atom stereocenters. The molecule has 184 valence electrons. The van der Waals surface area contributed by atoms with Crippen LogP contribution in [0, 0.1) is 17.8 Å². The molecule has 6 nitrogen and oxygen atoms in total. The zero-order chi connectivity index (χ0) is 23.6. The van der Waals surface area contributed by atoms with Gasteiger partial charge in [-0.3, -0.25) is 15.1 Å². The molecule has 6 heteroatoms. The first-order chi connectivity index (χ1) is 17.1. The standard InChI is InChI=1S/C29H37N5O/c1-33-12-14-34(15-13-33)18-19-6-8-20(9-7-19)27-22-11-10-21(16-26(22)31-32-27)24-17-29(24)23-4-2-3-5-25(23)30-28(29)35/h2-9,21-22,24,26-27,31-32H,10-18H2,1H3,(H,30,35)/t21?,22?,24?,26?,27?,29-/m0/s1. The van der Waals surface area contributed by atoms with E-state index in [-0.39, 0.29) is 11.3 Å². The second-order valence-electron chi connectivity index (χ2n) is 11.7. The van der Waals surface area contributed by atoms with Crippen molar-refractivity contribution in [3.05, 3.63) is 65.2 Å². The molecule has 2 aromatic carbocycles. The summed E-state index contributed by atoms with van der Waals surface area (Å²) in [6.07, 6.45) is 4.63. The maximum atomic E-state index is 13.0. The van der Waals surface area contributed by atoms with E-state index in [1.54, 1.807) is 0 Å². The van der Waals surface area contributed by atoms with E-state index < -0.39 is 0 Å². The molecule has 3 aliphatic heterocycles. The minimum Gasteiger partial charge on any atom is -0.325 e. The molecule has 2 saturated heterocycles. The molecule has 3 N–H and O–H groups in total. The van der Waals surface area contributed by atoms with Crippen LogP contribution in [-0.2, 0) is 16.8 Å². The van der Waals surface area contributed by atoms with Crippen molar-refractivity contribution in [3.8, 4) is 0 Å². The van der Waals surface area contributed by atoms with Crippen LogP contribution in [0.5, 0.6) is 0 Å². The van der Waals surface area contributed by atoms with Gasteiger partial charge in [-0.15, -0.1) is 0 Å². The summed E-state index contributed by atoms with van der Waals surface area (Å²) in [6, 6.07) is 18.5. The fourth-order valence-electron chi connectivity index (χ4n) is 7.65.